The summed E-state index contributed by atoms with van der Waals surface area (Å²) in [6.45, 7) is 7.44. The van der Waals surface area contributed by atoms with E-state index in [1.165, 1.54) is 22.2 Å². The first-order valence-corrected chi connectivity index (χ1v) is 12.4. The Balaban J connectivity index is 1.33. The summed E-state index contributed by atoms with van der Waals surface area (Å²) in [6.07, 6.45) is 1.13. The molecule has 0 fully saturated rings. The van der Waals surface area contributed by atoms with Crippen LogP contribution in [0, 0.1) is 13.8 Å². The predicted octanol–water partition coefficient (Wildman–Crippen LogP) is 6.60. The molecule has 3 aromatic carbocycles. The number of ether oxygens (including phenoxy) is 3. The van der Waals surface area contributed by atoms with Gasteiger partial charge in [0.05, 0.1) is 13.7 Å². The summed E-state index contributed by atoms with van der Waals surface area (Å²) in [4.78, 5) is 2.23. The van der Waals surface area contributed by atoms with E-state index in [0.717, 1.165) is 48.0 Å². The normalized spacial score (nSPS) is 11.3. The van der Waals surface area contributed by atoms with E-state index < -0.39 is 0 Å². The number of benzene rings is 3. The summed E-state index contributed by atoms with van der Waals surface area (Å²) >= 11 is 0. The van der Waals surface area contributed by atoms with Crippen LogP contribution in [0.2, 0.25) is 0 Å². The van der Waals surface area contributed by atoms with E-state index in [2.05, 4.69) is 60.9 Å². The van der Waals surface area contributed by atoms with Gasteiger partial charge >= 0.3 is 0 Å². The van der Waals surface area contributed by atoms with Crippen molar-refractivity contribution in [2.75, 3.05) is 39.8 Å². The van der Waals surface area contributed by atoms with Crippen molar-refractivity contribution in [2.24, 2.45) is 0 Å². The average Bonchev–Trinajstić information content (AvgIpc) is 3.12. The highest BCUT2D eigenvalue weighted by atomic mass is 16.5. The number of nitrogens with one attached hydrogen (secondary N) is 1. The second-order valence-corrected chi connectivity index (χ2v) is 9.35. The fourth-order valence-corrected chi connectivity index (χ4v) is 4.35. The Labute approximate surface area is 214 Å². The van der Waals surface area contributed by atoms with Crippen molar-refractivity contribution in [3.05, 3.63) is 83.6 Å². The number of hydrogen-bond donors (Lipinski definition) is 1. The van der Waals surface area contributed by atoms with Gasteiger partial charge in [-0.3, -0.25) is 0 Å². The number of aryl methyl sites for hydroxylation is 2. The van der Waals surface area contributed by atoms with Gasteiger partial charge in [0.1, 0.15) is 24.0 Å². The van der Waals surface area contributed by atoms with Gasteiger partial charge in [0.15, 0.2) is 0 Å². The lowest BCUT2D eigenvalue weighted by Gasteiger charge is -2.12. The Morgan fingerprint density at radius 3 is 2.42 bits per heavy atom. The van der Waals surface area contributed by atoms with Gasteiger partial charge in [0.25, 0.3) is 0 Å². The number of anilines is 1. The number of fused-ring (bicyclic) bond motifs is 1. The summed E-state index contributed by atoms with van der Waals surface area (Å²) in [5.74, 6) is 2.48. The van der Waals surface area contributed by atoms with Gasteiger partial charge in [-0.15, -0.1) is 0 Å². The molecule has 1 N–H and O–H groups in total. The number of hydrogen-bond acceptors (Lipinski definition) is 5. The molecule has 0 aliphatic rings. The summed E-state index contributed by atoms with van der Waals surface area (Å²) < 4.78 is 19.6. The van der Waals surface area contributed by atoms with Crippen LogP contribution in [-0.2, 0) is 17.9 Å². The van der Waals surface area contributed by atoms with Gasteiger partial charge in [-0.1, -0.05) is 18.2 Å². The maximum Gasteiger partial charge on any atom is 0.128 e. The topological polar surface area (TPSA) is 47.9 Å². The van der Waals surface area contributed by atoms with Crippen molar-refractivity contribution in [1.29, 1.82) is 0 Å². The standard InChI is InChI=1S/C30H37N3O3/c1-22-23(2)33(17-7-16-32(3)4)30-15-14-28(19-29(22)30)36-26-12-10-24(11-13-26)20-35-21-31-25-8-6-9-27(18-25)34-5/h6,8-15,18-19,31H,7,16-17,20-21H2,1-5H3. The van der Waals surface area contributed by atoms with E-state index in [4.69, 9.17) is 14.2 Å². The molecule has 190 valence electrons. The zero-order valence-corrected chi connectivity index (χ0v) is 22.0. The molecule has 4 aromatic rings. The monoisotopic (exact) mass is 487 g/mol. The Kier molecular flexibility index (Phi) is 8.52. The molecule has 0 amide bonds. The summed E-state index contributed by atoms with van der Waals surface area (Å²) in [5.41, 5.74) is 5.96. The van der Waals surface area contributed by atoms with Crippen LogP contribution in [0.15, 0.2) is 66.7 Å². The minimum Gasteiger partial charge on any atom is -0.497 e. The third-order valence-corrected chi connectivity index (χ3v) is 6.47. The van der Waals surface area contributed by atoms with E-state index in [1.54, 1.807) is 7.11 Å². The van der Waals surface area contributed by atoms with Gasteiger partial charge in [-0.05, 0) is 94.5 Å². The molecular weight excluding hydrogens is 450 g/mol. The minimum atomic E-state index is 0.416. The van der Waals surface area contributed by atoms with Crippen molar-refractivity contribution in [3.63, 3.8) is 0 Å². The molecule has 1 aromatic heterocycles. The lowest BCUT2D eigenvalue weighted by Crippen LogP contribution is -2.15. The largest absolute Gasteiger partial charge is 0.497 e. The van der Waals surface area contributed by atoms with Crippen LogP contribution in [0.4, 0.5) is 5.69 Å². The SMILES string of the molecule is COc1cccc(NCOCc2ccc(Oc3ccc4c(c3)c(C)c(C)n4CCCN(C)C)cc2)c1. The van der Waals surface area contributed by atoms with Crippen molar-refractivity contribution in [3.8, 4) is 17.2 Å². The van der Waals surface area contributed by atoms with Gasteiger partial charge in [-0.2, -0.15) is 0 Å². The van der Waals surface area contributed by atoms with E-state index in [9.17, 15) is 0 Å². The molecule has 0 saturated carbocycles. The predicted molar refractivity (Wildman–Crippen MR) is 147 cm³/mol. The highest BCUT2D eigenvalue weighted by Gasteiger charge is 2.12. The van der Waals surface area contributed by atoms with Crippen LogP contribution in [0.25, 0.3) is 10.9 Å². The van der Waals surface area contributed by atoms with Crippen molar-refractivity contribution >= 4 is 16.6 Å². The highest BCUT2D eigenvalue weighted by molar-refractivity contribution is 5.86. The molecule has 1 heterocycles. The molecule has 0 spiro atoms. The summed E-state index contributed by atoms with van der Waals surface area (Å²) in [5, 5.41) is 4.50. The molecule has 0 saturated heterocycles. The lowest BCUT2D eigenvalue weighted by molar-refractivity contribution is 0.138. The average molecular weight is 488 g/mol. The van der Waals surface area contributed by atoms with Crippen LogP contribution in [0.3, 0.4) is 0 Å². The van der Waals surface area contributed by atoms with E-state index in [-0.39, 0.29) is 0 Å². The van der Waals surface area contributed by atoms with Gasteiger partial charge < -0.3 is 29.0 Å². The quantitative estimate of drug-likeness (QED) is 0.180. The minimum absolute atomic E-state index is 0.416. The molecule has 6 nitrogen and oxygen atoms in total. The number of rotatable bonds is 12. The molecule has 0 bridgehead atoms. The molecule has 0 atom stereocenters. The van der Waals surface area contributed by atoms with Crippen molar-refractivity contribution in [1.82, 2.24) is 9.47 Å². The highest BCUT2D eigenvalue weighted by Crippen LogP contribution is 2.31. The maximum atomic E-state index is 6.18. The van der Waals surface area contributed by atoms with Gasteiger partial charge in [-0.25, -0.2) is 0 Å². The third-order valence-electron chi connectivity index (χ3n) is 6.47. The van der Waals surface area contributed by atoms with Crippen LogP contribution >= 0.6 is 0 Å². The number of nitrogens with zero attached hydrogens (tertiary/aromatic N) is 2. The van der Waals surface area contributed by atoms with E-state index in [0.29, 0.717) is 13.3 Å². The van der Waals surface area contributed by atoms with E-state index in [1.807, 2.05) is 48.5 Å². The molecular formula is C30H37N3O3. The first kappa shape index (κ1) is 25.6. The molecule has 4 rings (SSSR count). The Morgan fingerprint density at radius 1 is 0.889 bits per heavy atom. The molecule has 0 radical (unpaired) electrons. The zero-order valence-electron chi connectivity index (χ0n) is 22.0. The second-order valence-electron chi connectivity index (χ2n) is 9.35. The summed E-state index contributed by atoms with van der Waals surface area (Å²) in [6, 6.07) is 22.2. The number of methoxy groups -OCH3 is 1. The zero-order chi connectivity index (χ0) is 25.5. The van der Waals surface area contributed by atoms with E-state index >= 15 is 0 Å². The molecule has 6 heteroatoms. The van der Waals surface area contributed by atoms with Crippen LogP contribution in [0.1, 0.15) is 23.2 Å². The fourth-order valence-electron chi connectivity index (χ4n) is 4.35. The van der Waals surface area contributed by atoms with Gasteiger partial charge in [0, 0.05) is 34.9 Å². The molecule has 36 heavy (non-hydrogen) atoms. The Hall–Kier alpha value is -3.48. The lowest BCUT2D eigenvalue weighted by atomic mass is 10.1. The first-order chi connectivity index (χ1) is 17.4. The van der Waals surface area contributed by atoms with Gasteiger partial charge in [0.2, 0.25) is 0 Å². The van der Waals surface area contributed by atoms with Crippen LogP contribution < -0.4 is 14.8 Å². The van der Waals surface area contributed by atoms with Crippen LogP contribution in [-0.4, -0.2) is 43.9 Å². The Morgan fingerprint density at radius 2 is 1.67 bits per heavy atom. The first-order valence-electron chi connectivity index (χ1n) is 12.4. The van der Waals surface area contributed by atoms with Crippen LogP contribution in [0.5, 0.6) is 17.2 Å². The second kappa shape index (κ2) is 12.0. The smallest absolute Gasteiger partial charge is 0.128 e. The summed E-state index contributed by atoms with van der Waals surface area (Å²) in [7, 11) is 5.90. The maximum absolute atomic E-state index is 6.18. The fraction of sp³-hybridized carbons (Fsp3) is 0.333. The van der Waals surface area contributed by atoms with Crippen molar-refractivity contribution in [2.45, 2.75) is 33.4 Å². The molecule has 0 aliphatic carbocycles. The van der Waals surface area contributed by atoms with Crippen molar-refractivity contribution < 1.29 is 14.2 Å². The molecule has 0 aliphatic heterocycles. The third kappa shape index (κ3) is 6.39. The molecule has 0 unspecified atom stereocenters. The number of aromatic nitrogens is 1. The Bertz CT molecular complexity index is 1280.